The van der Waals surface area contributed by atoms with Crippen LogP contribution in [-0.2, 0) is 5.60 Å². The van der Waals surface area contributed by atoms with Crippen LogP contribution in [0.2, 0.25) is 10.0 Å². The molecule has 1 atom stereocenters. The molecule has 0 bridgehead atoms. The molecular weight excluding hydrogens is 293 g/mol. The molecule has 0 amide bonds. The SMILES string of the molecule is CC(O)(c1cccc(F)c1)c1cc(F)c(Cl)cc1Cl. The summed E-state index contributed by atoms with van der Waals surface area (Å²) in [7, 11) is 0. The van der Waals surface area contributed by atoms with E-state index in [9.17, 15) is 13.9 Å². The average Bonchev–Trinajstić information content (AvgIpc) is 2.33. The number of aliphatic hydroxyl groups is 1. The molecule has 19 heavy (non-hydrogen) atoms. The predicted octanol–water partition coefficient (Wildman–Crippen LogP) is 4.53. The maximum absolute atomic E-state index is 13.5. The fraction of sp³-hybridized carbons (Fsp3) is 0.143. The van der Waals surface area contributed by atoms with Crippen molar-refractivity contribution in [2.24, 2.45) is 0 Å². The lowest BCUT2D eigenvalue weighted by molar-refractivity contribution is 0.102. The van der Waals surface area contributed by atoms with E-state index in [1.807, 2.05) is 0 Å². The molecule has 2 aromatic rings. The van der Waals surface area contributed by atoms with E-state index in [-0.39, 0.29) is 21.2 Å². The highest BCUT2D eigenvalue weighted by molar-refractivity contribution is 6.35. The van der Waals surface area contributed by atoms with Crippen molar-refractivity contribution in [2.45, 2.75) is 12.5 Å². The van der Waals surface area contributed by atoms with E-state index in [4.69, 9.17) is 23.2 Å². The lowest BCUT2D eigenvalue weighted by Crippen LogP contribution is -2.23. The molecule has 0 heterocycles. The zero-order valence-corrected chi connectivity index (χ0v) is 11.4. The van der Waals surface area contributed by atoms with Gasteiger partial charge in [0.15, 0.2) is 0 Å². The van der Waals surface area contributed by atoms with Crippen molar-refractivity contribution in [1.82, 2.24) is 0 Å². The standard InChI is InChI=1S/C14H10Cl2F2O/c1-14(19,8-3-2-4-9(17)5-8)10-6-13(18)12(16)7-11(10)15/h2-7,19H,1H3. The molecule has 1 N–H and O–H groups in total. The van der Waals surface area contributed by atoms with Crippen LogP contribution in [0.15, 0.2) is 36.4 Å². The van der Waals surface area contributed by atoms with Crippen LogP contribution in [0, 0.1) is 11.6 Å². The Morgan fingerprint density at radius 3 is 2.37 bits per heavy atom. The Bertz CT molecular complexity index is 627. The molecule has 100 valence electrons. The third kappa shape index (κ3) is 2.73. The Kier molecular flexibility index (Phi) is 3.81. The molecule has 0 aliphatic heterocycles. The molecule has 2 rings (SSSR count). The number of hydrogen-bond acceptors (Lipinski definition) is 1. The van der Waals surface area contributed by atoms with Gasteiger partial charge in [-0.3, -0.25) is 0 Å². The molecule has 0 fully saturated rings. The lowest BCUT2D eigenvalue weighted by Gasteiger charge is -2.26. The van der Waals surface area contributed by atoms with Gasteiger partial charge in [-0.25, -0.2) is 8.78 Å². The Labute approximate surface area is 119 Å². The molecule has 0 aromatic heterocycles. The van der Waals surface area contributed by atoms with Crippen molar-refractivity contribution in [1.29, 1.82) is 0 Å². The van der Waals surface area contributed by atoms with Crippen LogP contribution in [0.1, 0.15) is 18.1 Å². The molecule has 0 aliphatic rings. The zero-order chi connectivity index (χ0) is 14.2. The van der Waals surface area contributed by atoms with Gasteiger partial charge in [-0.05, 0) is 36.8 Å². The highest BCUT2D eigenvalue weighted by atomic mass is 35.5. The molecular formula is C14H10Cl2F2O. The zero-order valence-electron chi connectivity index (χ0n) is 9.92. The molecule has 1 unspecified atom stereocenters. The van der Waals surface area contributed by atoms with Gasteiger partial charge in [0, 0.05) is 10.6 Å². The molecule has 0 saturated carbocycles. The van der Waals surface area contributed by atoms with Crippen molar-refractivity contribution in [3.8, 4) is 0 Å². The Morgan fingerprint density at radius 1 is 1.05 bits per heavy atom. The fourth-order valence-corrected chi connectivity index (χ4v) is 2.41. The minimum Gasteiger partial charge on any atom is -0.381 e. The number of benzene rings is 2. The number of rotatable bonds is 2. The van der Waals surface area contributed by atoms with E-state index in [2.05, 4.69) is 0 Å². The Balaban J connectivity index is 2.59. The summed E-state index contributed by atoms with van der Waals surface area (Å²) >= 11 is 11.6. The van der Waals surface area contributed by atoms with Gasteiger partial charge in [0.05, 0.1) is 5.02 Å². The largest absolute Gasteiger partial charge is 0.381 e. The first-order valence-corrected chi connectivity index (χ1v) is 6.21. The molecule has 5 heteroatoms. The summed E-state index contributed by atoms with van der Waals surface area (Å²) in [5.74, 6) is -1.19. The molecule has 1 nitrogen and oxygen atoms in total. The molecule has 0 saturated heterocycles. The summed E-state index contributed by atoms with van der Waals surface area (Å²) in [4.78, 5) is 0. The van der Waals surface area contributed by atoms with Gasteiger partial charge < -0.3 is 5.11 Å². The quantitative estimate of drug-likeness (QED) is 0.808. The van der Waals surface area contributed by atoms with Gasteiger partial charge >= 0.3 is 0 Å². The lowest BCUT2D eigenvalue weighted by atomic mass is 9.88. The summed E-state index contributed by atoms with van der Waals surface area (Å²) < 4.78 is 26.7. The smallest absolute Gasteiger partial charge is 0.142 e. The van der Waals surface area contributed by atoms with Crippen LogP contribution in [0.25, 0.3) is 0 Å². The first-order valence-electron chi connectivity index (χ1n) is 5.46. The molecule has 0 aliphatic carbocycles. The van der Waals surface area contributed by atoms with E-state index in [0.29, 0.717) is 0 Å². The van der Waals surface area contributed by atoms with Crippen molar-refractivity contribution in [3.63, 3.8) is 0 Å². The van der Waals surface area contributed by atoms with Crippen molar-refractivity contribution in [2.75, 3.05) is 0 Å². The predicted molar refractivity (Wildman–Crippen MR) is 71.5 cm³/mol. The van der Waals surface area contributed by atoms with E-state index < -0.39 is 17.2 Å². The minimum atomic E-state index is -1.62. The van der Waals surface area contributed by atoms with Gasteiger partial charge in [0.25, 0.3) is 0 Å². The fourth-order valence-electron chi connectivity index (χ4n) is 1.84. The van der Waals surface area contributed by atoms with Crippen molar-refractivity contribution in [3.05, 3.63) is 69.2 Å². The second-order valence-electron chi connectivity index (χ2n) is 4.33. The van der Waals surface area contributed by atoms with Gasteiger partial charge in [0.1, 0.15) is 17.2 Å². The normalized spacial score (nSPS) is 14.2. The average molecular weight is 303 g/mol. The number of halogens is 4. The molecule has 0 spiro atoms. The summed E-state index contributed by atoms with van der Waals surface area (Å²) in [6.45, 7) is 1.41. The number of hydrogen-bond donors (Lipinski definition) is 1. The second kappa shape index (κ2) is 5.08. The van der Waals surface area contributed by atoms with E-state index in [1.165, 1.54) is 37.3 Å². The molecule has 2 aromatic carbocycles. The monoisotopic (exact) mass is 302 g/mol. The van der Waals surface area contributed by atoms with Crippen LogP contribution in [0.4, 0.5) is 8.78 Å². The highest BCUT2D eigenvalue weighted by Crippen LogP contribution is 2.36. The Hall–Kier alpha value is -1.16. The van der Waals surface area contributed by atoms with Gasteiger partial charge in [0.2, 0.25) is 0 Å². The molecule has 0 radical (unpaired) electrons. The topological polar surface area (TPSA) is 20.2 Å². The van der Waals surface area contributed by atoms with Gasteiger partial charge in [-0.1, -0.05) is 35.3 Å². The maximum atomic E-state index is 13.5. The van der Waals surface area contributed by atoms with Gasteiger partial charge in [-0.15, -0.1) is 0 Å². The van der Waals surface area contributed by atoms with E-state index in [0.717, 1.165) is 6.07 Å². The van der Waals surface area contributed by atoms with Crippen molar-refractivity contribution < 1.29 is 13.9 Å². The third-order valence-electron chi connectivity index (χ3n) is 2.92. The van der Waals surface area contributed by atoms with Crippen LogP contribution in [-0.4, -0.2) is 5.11 Å². The van der Waals surface area contributed by atoms with Crippen molar-refractivity contribution >= 4 is 23.2 Å². The van der Waals surface area contributed by atoms with Gasteiger partial charge in [-0.2, -0.15) is 0 Å². The first-order chi connectivity index (χ1) is 8.82. The third-order valence-corrected chi connectivity index (χ3v) is 3.52. The highest BCUT2D eigenvalue weighted by Gasteiger charge is 2.29. The van der Waals surface area contributed by atoms with Crippen LogP contribution < -0.4 is 0 Å². The second-order valence-corrected chi connectivity index (χ2v) is 5.14. The summed E-state index contributed by atoms with van der Waals surface area (Å²) in [5, 5.41) is 10.5. The van der Waals surface area contributed by atoms with E-state index >= 15 is 0 Å². The minimum absolute atomic E-state index is 0.112. The first kappa shape index (κ1) is 14.3. The summed E-state index contributed by atoms with van der Waals surface area (Å²) in [5.41, 5.74) is -1.22. The van der Waals surface area contributed by atoms with Crippen LogP contribution in [0.3, 0.4) is 0 Å². The summed E-state index contributed by atoms with van der Waals surface area (Å²) in [6, 6.07) is 7.68. The Morgan fingerprint density at radius 2 is 1.74 bits per heavy atom. The van der Waals surface area contributed by atoms with Crippen LogP contribution in [0.5, 0.6) is 0 Å². The van der Waals surface area contributed by atoms with Crippen LogP contribution >= 0.6 is 23.2 Å². The maximum Gasteiger partial charge on any atom is 0.142 e. The summed E-state index contributed by atoms with van der Waals surface area (Å²) in [6.07, 6.45) is 0. The van der Waals surface area contributed by atoms with E-state index in [1.54, 1.807) is 0 Å².